The van der Waals surface area contributed by atoms with Crippen LogP contribution in [0.1, 0.15) is 5.56 Å². The lowest BCUT2D eigenvalue weighted by atomic mass is 10.2. The molecule has 1 amide bonds. The highest BCUT2D eigenvalue weighted by atomic mass is 79.9. The number of benzene rings is 2. The van der Waals surface area contributed by atoms with E-state index in [0.717, 1.165) is 15.7 Å². The van der Waals surface area contributed by atoms with Gasteiger partial charge in [0.1, 0.15) is 18.4 Å². The number of hydrogen-bond acceptors (Lipinski definition) is 4. The fourth-order valence-electron chi connectivity index (χ4n) is 2.14. The molecule has 0 aliphatic heterocycles. The first-order valence-electron chi connectivity index (χ1n) is 7.29. The molecule has 0 spiro atoms. The first-order chi connectivity index (χ1) is 11.7. The van der Waals surface area contributed by atoms with Crippen molar-refractivity contribution in [1.82, 2.24) is 14.8 Å². The van der Waals surface area contributed by atoms with Gasteiger partial charge in [-0.25, -0.2) is 9.67 Å². The van der Waals surface area contributed by atoms with Crippen molar-refractivity contribution >= 4 is 27.5 Å². The molecule has 0 fully saturated rings. The predicted octanol–water partition coefficient (Wildman–Crippen LogP) is 3.11. The number of para-hydroxylation sites is 1. The summed E-state index contributed by atoms with van der Waals surface area (Å²) < 4.78 is 8.14. The smallest absolute Gasteiger partial charge is 0.262 e. The molecule has 0 bridgehead atoms. The molecule has 0 aliphatic carbocycles. The standard InChI is InChI=1S/C17H15BrN4O2/c18-14-5-7-15(8-6-14)24-10-17(23)21-16-4-2-1-3-13(16)9-22-12-19-11-20-22/h1-8,11-12H,9-10H2,(H,21,23). The third-order valence-corrected chi connectivity index (χ3v) is 3.80. The van der Waals surface area contributed by atoms with Crippen LogP contribution in [0.2, 0.25) is 0 Å². The minimum absolute atomic E-state index is 0.0563. The van der Waals surface area contributed by atoms with Crippen molar-refractivity contribution < 1.29 is 9.53 Å². The van der Waals surface area contributed by atoms with Crippen molar-refractivity contribution in [2.45, 2.75) is 6.54 Å². The largest absolute Gasteiger partial charge is 0.484 e. The number of anilines is 1. The lowest BCUT2D eigenvalue weighted by Crippen LogP contribution is -2.21. The lowest BCUT2D eigenvalue weighted by molar-refractivity contribution is -0.118. The monoisotopic (exact) mass is 386 g/mol. The average Bonchev–Trinajstić information content (AvgIpc) is 3.09. The van der Waals surface area contributed by atoms with Gasteiger partial charge in [0, 0.05) is 10.2 Å². The second kappa shape index (κ2) is 7.74. The van der Waals surface area contributed by atoms with Gasteiger partial charge in [0.2, 0.25) is 0 Å². The predicted molar refractivity (Wildman–Crippen MR) is 93.8 cm³/mol. The van der Waals surface area contributed by atoms with Gasteiger partial charge >= 0.3 is 0 Å². The van der Waals surface area contributed by atoms with Gasteiger partial charge in [-0.2, -0.15) is 5.10 Å². The van der Waals surface area contributed by atoms with Crippen LogP contribution in [0, 0.1) is 0 Å². The Balaban J connectivity index is 1.60. The SMILES string of the molecule is O=C(COc1ccc(Br)cc1)Nc1ccccc1Cn1cncn1. The van der Waals surface area contributed by atoms with Crippen LogP contribution < -0.4 is 10.1 Å². The van der Waals surface area contributed by atoms with Gasteiger partial charge < -0.3 is 10.1 Å². The Bertz CT molecular complexity index is 804. The summed E-state index contributed by atoms with van der Waals surface area (Å²) >= 11 is 3.36. The van der Waals surface area contributed by atoms with Crippen molar-refractivity contribution in [3.63, 3.8) is 0 Å². The number of carbonyl (C=O) groups excluding carboxylic acids is 1. The number of nitrogens with one attached hydrogen (secondary N) is 1. The van der Waals surface area contributed by atoms with Crippen molar-refractivity contribution in [2.24, 2.45) is 0 Å². The fraction of sp³-hybridized carbons (Fsp3) is 0.118. The van der Waals surface area contributed by atoms with Crippen LogP contribution >= 0.6 is 15.9 Å². The Morgan fingerprint density at radius 3 is 2.71 bits per heavy atom. The third-order valence-electron chi connectivity index (χ3n) is 3.27. The highest BCUT2D eigenvalue weighted by Gasteiger charge is 2.08. The van der Waals surface area contributed by atoms with Crippen molar-refractivity contribution in [2.75, 3.05) is 11.9 Å². The molecule has 0 saturated heterocycles. The van der Waals surface area contributed by atoms with E-state index in [1.165, 1.54) is 6.33 Å². The number of halogens is 1. The summed E-state index contributed by atoms with van der Waals surface area (Å²) in [5, 5.41) is 6.95. The van der Waals surface area contributed by atoms with Crippen molar-refractivity contribution in [1.29, 1.82) is 0 Å². The molecule has 2 aromatic carbocycles. The molecule has 0 saturated carbocycles. The Morgan fingerprint density at radius 1 is 1.17 bits per heavy atom. The summed E-state index contributed by atoms with van der Waals surface area (Å²) in [5.41, 5.74) is 1.68. The molecule has 24 heavy (non-hydrogen) atoms. The second-order valence-electron chi connectivity index (χ2n) is 5.04. The van der Waals surface area contributed by atoms with E-state index in [4.69, 9.17) is 4.74 Å². The summed E-state index contributed by atoms with van der Waals surface area (Å²) in [7, 11) is 0. The second-order valence-corrected chi connectivity index (χ2v) is 5.96. The highest BCUT2D eigenvalue weighted by Crippen LogP contribution is 2.17. The van der Waals surface area contributed by atoms with Crippen LogP contribution in [0.5, 0.6) is 5.75 Å². The number of amides is 1. The van der Waals surface area contributed by atoms with E-state index in [9.17, 15) is 4.79 Å². The average molecular weight is 387 g/mol. The van der Waals surface area contributed by atoms with Gasteiger partial charge in [0.05, 0.1) is 6.54 Å². The summed E-state index contributed by atoms with van der Waals surface area (Å²) in [6, 6.07) is 14.9. The van der Waals surface area contributed by atoms with E-state index in [1.54, 1.807) is 23.1 Å². The maximum Gasteiger partial charge on any atom is 0.262 e. The molecule has 0 atom stereocenters. The maximum absolute atomic E-state index is 12.1. The summed E-state index contributed by atoms with van der Waals surface area (Å²) in [6.45, 7) is 0.476. The van der Waals surface area contributed by atoms with E-state index in [0.29, 0.717) is 12.3 Å². The van der Waals surface area contributed by atoms with Gasteiger partial charge in [-0.1, -0.05) is 34.1 Å². The zero-order valence-corrected chi connectivity index (χ0v) is 14.3. The molecular weight excluding hydrogens is 372 g/mol. The van der Waals surface area contributed by atoms with Gasteiger partial charge in [-0.15, -0.1) is 0 Å². The molecule has 1 heterocycles. The molecule has 0 radical (unpaired) electrons. The van der Waals surface area contributed by atoms with E-state index >= 15 is 0 Å². The first-order valence-corrected chi connectivity index (χ1v) is 8.08. The van der Waals surface area contributed by atoms with E-state index < -0.39 is 0 Å². The Kier molecular flexibility index (Phi) is 5.22. The molecule has 122 valence electrons. The maximum atomic E-state index is 12.1. The molecule has 6 nitrogen and oxygen atoms in total. The molecular formula is C17H15BrN4O2. The molecule has 3 aromatic rings. The van der Waals surface area contributed by atoms with Crippen LogP contribution in [0.3, 0.4) is 0 Å². The number of nitrogens with zero attached hydrogens (tertiary/aromatic N) is 3. The molecule has 0 aliphatic rings. The topological polar surface area (TPSA) is 69.0 Å². The molecule has 3 rings (SSSR count). The summed E-state index contributed by atoms with van der Waals surface area (Å²) in [4.78, 5) is 16.0. The summed E-state index contributed by atoms with van der Waals surface area (Å²) in [5.74, 6) is 0.424. The van der Waals surface area contributed by atoms with Crippen LogP contribution in [-0.4, -0.2) is 27.3 Å². The van der Waals surface area contributed by atoms with Gasteiger partial charge in [0.25, 0.3) is 5.91 Å². The number of hydrogen-bond donors (Lipinski definition) is 1. The Morgan fingerprint density at radius 2 is 1.96 bits per heavy atom. The van der Waals surface area contributed by atoms with Crippen LogP contribution in [0.4, 0.5) is 5.69 Å². The normalized spacial score (nSPS) is 10.4. The Labute approximate surface area is 147 Å². The van der Waals surface area contributed by atoms with E-state index in [-0.39, 0.29) is 12.5 Å². The Hall–Kier alpha value is -2.67. The van der Waals surface area contributed by atoms with Crippen LogP contribution in [0.15, 0.2) is 65.7 Å². The highest BCUT2D eigenvalue weighted by molar-refractivity contribution is 9.10. The van der Waals surface area contributed by atoms with Crippen molar-refractivity contribution in [3.05, 3.63) is 71.2 Å². The molecule has 7 heteroatoms. The van der Waals surface area contributed by atoms with Crippen LogP contribution in [0.25, 0.3) is 0 Å². The lowest BCUT2D eigenvalue weighted by Gasteiger charge is -2.11. The minimum atomic E-state index is -0.219. The van der Waals surface area contributed by atoms with Gasteiger partial charge in [0.15, 0.2) is 6.61 Å². The zero-order valence-electron chi connectivity index (χ0n) is 12.7. The first kappa shape index (κ1) is 16.2. The van der Waals surface area contributed by atoms with Gasteiger partial charge in [-0.05, 0) is 35.9 Å². The zero-order chi connectivity index (χ0) is 16.8. The fourth-order valence-corrected chi connectivity index (χ4v) is 2.40. The number of ether oxygens (including phenoxy) is 1. The summed E-state index contributed by atoms with van der Waals surface area (Å²) in [6.07, 6.45) is 3.11. The third kappa shape index (κ3) is 4.42. The number of aromatic nitrogens is 3. The van der Waals surface area contributed by atoms with Crippen LogP contribution in [-0.2, 0) is 11.3 Å². The minimum Gasteiger partial charge on any atom is -0.484 e. The van der Waals surface area contributed by atoms with E-state index in [1.807, 2.05) is 36.4 Å². The number of rotatable bonds is 6. The quantitative estimate of drug-likeness (QED) is 0.706. The van der Waals surface area contributed by atoms with Gasteiger partial charge in [-0.3, -0.25) is 4.79 Å². The molecule has 0 unspecified atom stereocenters. The molecule has 1 N–H and O–H groups in total. The van der Waals surface area contributed by atoms with Crippen molar-refractivity contribution in [3.8, 4) is 5.75 Å². The van der Waals surface area contributed by atoms with E-state index in [2.05, 4.69) is 31.3 Å². The molecule has 1 aromatic heterocycles. The number of carbonyl (C=O) groups is 1.